The SMILES string of the molecule is Cc1ccc(C(=O)NC(=S)Nc2nc3ccc(F)cc3s2)cc1[N+](=O)[O-]. The van der Waals surface area contributed by atoms with Crippen LogP contribution in [0.25, 0.3) is 10.2 Å². The first-order valence-electron chi connectivity index (χ1n) is 7.27. The first-order valence-corrected chi connectivity index (χ1v) is 8.49. The zero-order chi connectivity index (χ0) is 18.8. The van der Waals surface area contributed by atoms with Gasteiger partial charge in [0.15, 0.2) is 10.2 Å². The highest BCUT2D eigenvalue weighted by atomic mass is 32.1. The molecule has 132 valence electrons. The van der Waals surface area contributed by atoms with E-state index in [0.717, 1.165) is 0 Å². The van der Waals surface area contributed by atoms with Crippen molar-refractivity contribution in [2.75, 3.05) is 5.32 Å². The van der Waals surface area contributed by atoms with Gasteiger partial charge in [-0.3, -0.25) is 20.2 Å². The van der Waals surface area contributed by atoms with Crippen molar-refractivity contribution in [1.29, 1.82) is 0 Å². The van der Waals surface area contributed by atoms with Crippen LogP contribution in [0.5, 0.6) is 0 Å². The zero-order valence-corrected chi connectivity index (χ0v) is 14.9. The lowest BCUT2D eigenvalue weighted by Gasteiger charge is -2.07. The number of nitro benzene ring substituents is 1. The minimum Gasteiger partial charge on any atom is -0.308 e. The molecule has 0 unspecified atom stereocenters. The van der Waals surface area contributed by atoms with Crippen LogP contribution in [-0.4, -0.2) is 20.9 Å². The van der Waals surface area contributed by atoms with Gasteiger partial charge in [-0.15, -0.1) is 0 Å². The molecule has 0 saturated carbocycles. The quantitative estimate of drug-likeness (QED) is 0.401. The average Bonchev–Trinajstić information content (AvgIpc) is 2.95. The lowest BCUT2D eigenvalue weighted by molar-refractivity contribution is -0.385. The van der Waals surface area contributed by atoms with E-state index in [0.29, 0.717) is 20.9 Å². The molecule has 0 saturated heterocycles. The van der Waals surface area contributed by atoms with Crippen LogP contribution in [0, 0.1) is 22.9 Å². The number of halogens is 1. The maximum absolute atomic E-state index is 13.2. The van der Waals surface area contributed by atoms with Gasteiger partial charge in [-0.1, -0.05) is 17.4 Å². The summed E-state index contributed by atoms with van der Waals surface area (Å²) in [7, 11) is 0. The van der Waals surface area contributed by atoms with Crippen LogP contribution in [0.2, 0.25) is 0 Å². The Kier molecular flexibility index (Phi) is 4.87. The fraction of sp³-hybridized carbons (Fsp3) is 0.0625. The second-order valence-corrected chi connectivity index (χ2v) is 6.74. The van der Waals surface area contributed by atoms with Gasteiger partial charge in [0.25, 0.3) is 11.6 Å². The number of nitrogens with one attached hydrogen (secondary N) is 2. The maximum Gasteiger partial charge on any atom is 0.273 e. The van der Waals surface area contributed by atoms with Crippen molar-refractivity contribution in [3.05, 3.63) is 63.5 Å². The number of thiocarbonyl (C=S) groups is 1. The van der Waals surface area contributed by atoms with E-state index in [4.69, 9.17) is 12.2 Å². The second-order valence-electron chi connectivity index (χ2n) is 5.30. The third kappa shape index (κ3) is 3.81. The highest BCUT2D eigenvalue weighted by Crippen LogP contribution is 2.26. The van der Waals surface area contributed by atoms with E-state index in [9.17, 15) is 19.3 Å². The highest BCUT2D eigenvalue weighted by molar-refractivity contribution is 7.80. The molecule has 0 aliphatic carbocycles. The first-order chi connectivity index (χ1) is 12.3. The fourth-order valence-corrected chi connectivity index (χ4v) is 3.35. The Hall–Kier alpha value is -2.98. The number of aromatic nitrogens is 1. The Bertz CT molecular complexity index is 1050. The van der Waals surface area contributed by atoms with Crippen molar-refractivity contribution in [3.63, 3.8) is 0 Å². The smallest absolute Gasteiger partial charge is 0.273 e. The molecule has 1 aromatic heterocycles. The third-order valence-corrected chi connectivity index (χ3v) is 4.60. The Labute approximate surface area is 156 Å². The molecule has 0 spiro atoms. The molecule has 0 atom stereocenters. The molecule has 3 rings (SSSR count). The molecular weight excluding hydrogens is 379 g/mol. The van der Waals surface area contributed by atoms with Crippen molar-refractivity contribution in [2.45, 2.75) is 6.92 Å². The lowest BCUT2D eigenvalue weighted by atomic mass is 10.1. The number of fused-ring (bicyclic) bond motifs is 1. The van der Waals surface area contributed by atoms with E-state index in [1.165, 1.54) is 41.7 Å². The van der Waals surface area contributed by atoms with Crippen LogP contribution >= 0.6 is 23.6 Å². The summed E-state index contributed by atoms with van der Waals surface area (Å²) in [6.07, 6.45) is 0. The van der Waals surface area contributed by atoms with Crippen LogP contribution in [-0.2, 0) is 0 Å². The number of carbonyl (C=O) groups excluding carboxylic acids is 1. The number of thiazole rings is 1. The summed E-state index contributed by atoms with van der Waals surface area (Å²) in [5.74, 6) is -0.956. The number of anilines is 1. The summed E-state index contributed by atoms with van der Waals surface area (Å²) in [5, 5.41) is 16.5. The Morgan fingerprint density at radius 2 is 2.08 bits per heavy atom. The molecule has 10 heteroatoms. The van der Waals surface area contributed by atoms with Crippen LogP contribution in [0.15, 0.2) is 36.4 Å². The van der Waals surface area contributed by atoms with Gasteiger partial charge in [0.1, 0.15) is 5.82 Å². The molecule has 1 heterocycles. The summed E-state index contributed by atoms with van der Waals surface area (Å²) in [4.78, 5) is 26.9. The van der Waals surface area contributed by atoms with Crippen molar-refractivity contribution < 1.29 is 14.1 Å². The minimum absolute atomic E-state index is 0.0160. The number of amides is 1. The number of hydrogen-bond acceptors (Lipinski definition) is 6. The predicted octanol–water partition coefficient (Wildman–Crippen LogP) is 3.78. The minimum atomic E-state index is -0.585. The number of nitrogens with zero attached hydrogens (tertiary/aromatic N) is 2. The van der Waals surface area contributed by atoms with Crippen LogP contribution in [0.1, 0.15) is 15.9 Å². The number of nitro groups is 1. The number of carbonyl (C=O) groups is 1. The fourth-order valence-electron chi connectivity index (χ4n) is 2.20. The number of benzene rings is 2. The van der Waals surface area contributed by atoms with E-state index in [2.05, 4.69) is 15.6 Å². The molecular formula is C16H11FN4O3S2. The first kappa shape index (κ1) is 17.8. The van der Waals surface area contributed by atoms with Crippen LogP contribution < -0.4 is 10.6 Å². The summed E-state index contributed by atoms with van der Waals surface area (Å²) in [6.45, 7) is 1.59. The van der Waals surface area contributed by atoms with Gasteiger partial charge in [0.2, 0.25) is 0 Å². The summed E-state index contributed by atoms with van der Waals surface area (Å²) < 4.78 is 13.8. The topological polar surface area (TPSA) is 97.2 Å². The molecule has 26 heavy (non-hydrogen) atoms. The van der Waals surface area contributed by atoms with Gasteiger partial charge in [-0.05, 0) is 43.4 Å². The van der Waals surface area contributed by atoms with Crippen LogP contribution in [0.3, 0.4) is 0 Å². The standard InChI is InChI=1S/C16H11FN4O3S2/c1-8-2-3-9(6-12(8)21(23)24)14(22)19-15(25)20-16-18-11-5-4-10(17)7-13(11)26-16/h2-7H,1H3,(H2,18,19,20,22,25). The van der Waals surface area contributed by atoms with Crippen molar-refractivity contribution in [2.24, 2.45) is 0 Å². The molecule has 0 aliphatic rings. The molecule has 0 bridgehead atoms. The molecule has 1 amide bonds. The summed E-state index contributed by atoms with van der Waals surface area (Å²) in [6, 6.07) is 8.35. The summed E-state index contributed by atoms with van der Waals surface area (Å²) in [5.41, 5.74) is 1.01. The normalized spacial score (nSPS) is 10.5. The molecule has 7 nitrogen and oxygen atoms in total. The summed E-state index contributed by atoms with van der Waals surface area (Å²) >= 11 is 6.25. The van der Waals surface area contributed by atoms with Gasteiger partial charge in [-0.25, -0.2) is 9.37 Å². The largest absolute Gasteiger partial charge is 0.308 e. The lowest BCUT2D eigenvalue weighted by Crippen LogP contribution is -2.34. The van der Waals surface area contributed by atoms with Crippen molar-refractivity contribution in [3.8, 4) is 0 Å². The Morgan fingerprint density at radius 3 is 2.81 bits per heavy atom. The van der Waals surface area contributed by atoms with Gasteiger partial charge < -0.3 is 5.32 Å². The maximum atomic E-state index is 13.2. The van der Waals surface area contributed by atoms with Crippen molar-refractivity contribution in [1.82, 2.24) is 10.3 Å². The molecule has 0 radical (unpaired) electrons. The van der Waals surface area contributed by atoms with Gasteiger partial charge in [0.05, 0.1) is 15.1 Å². The molecule has 2 N–H and O–H groups in total. The van der Waals surface area contributed by atoms with E-state index >= 15 is 0 Å². The van der Waals surface area contributed by atoms with Gasteiger partial charge in [0, 0.05) is 17.2 Å². The molecule has 0 fully saturated rings. The highest BCUT2D eigenvalue weighted by Gasteiger charge is 2.16. The molecule has 0 aliphatic heterocycles. The van der Waals surface area contributed by atoms with E-state index in [-0.39, 0.29) is 22.2 Å². The average molecular weight is 390 g/mol. The molecule has 3 aromatic rings. The van der Waals surface area contributed by atoms with E-state index < -0.39 is 10.8 Å². The van der Waals surface area contributed by atoms with Gasteiger partial charge >= 0.3 is 0 Å². The van der Waals surface area contributed by atoms with Gasteiger partial charge in [-0.2, -0.15) is 0 Å². The van der Waals surface area contributed by atoms with Crippen molar-refractivity contribution >= 4 is 55.6 Å². The number of rotatable bonds is 3. The third-order valence-electron chi connectivity index (χ3n) is 3.47. The van der Waals surface area contributed by atoms with Crippen LogP contribution in [0.4, 0.5) is 15.2 Å². The van der Waals surface area contributed by atoms with E-state index in [1.807, 2.05) is 0 Å². The number of aryl methyl sites for hydroxylation is 1. The Morgan fingerprint density at radius 1 is 1.31 bits per heavy atom. The predicted molar refractivity (Wildman–Crippen MR) is 101 cm³/mol. The monoisotopic (exact) mass is 390 g/mol. The molecule has 2 aromatic carbocycles. The zero-order valence-electron chi connectivity index (χ0n) is 13.3. The second kappa shape index (κ2) is 7.10. The number of hydrogen-bond donors (Lipinski definition) is 2. The Balaban J connectivity index is 1.71. The van der Waals surface area contributed by atoms with E-state index in [1.54, 1.807) is 13.0 Å².